The van der Waals surface area contributed by atoms with Gasteiger partial charge in [-0.05, 0) is 31.0 Å². The average molecular weight is 454 g/mol. The molecule has 0 spiro atoms. The fourth-order valence-electron chi connectivity index (χ4n) is 4.60. The molecule has 1 fully saturated rings. The van der Waals surface area contributed by atoms with E-state index in [0.29, 0.717) is 29.9 Å². The molecule has 1 amide bonds. The Morgan fingerprint density at radius 3 is 2.56 bits per heavy atom. The number of likely N-dealkylation sites (tertiary alicyclic amines) is 1. The highest BCUT2D eigenvalue weighted by Gasteiger charge is 2.37. The monoisotopic (exact) mass is 453 g/mol. The van der Waals surface area contributed by atoms with Crippen LogP contribution in [0.15, 0.2) is 53.8 Å². The van der Waals surface area contributed by atoms with Gasteiger partial charge in [-0.15, -0.1) is 0 Å². The van der Waals surface area contributed by atoms with Crippen LogP contribution in [0.5, 0.6) is 0 Å². The first kappa shape index (κ1) is 20.5. The van der Waals surface area contributed by atoms with E-state index in [2.05, 4.69) is 9.97 Å². The summed E-state index contributed by atoms with van der Waals surface area (Å²) in [4.78, 5) is 22.0. The lowest BCUT2D eigenvalue weighted by Crippen LogP contribution is -2.26. The van der Waals surface area contributed by atoms with Gasteiger partial charge in [0.05, 0.1) is 16.6 Å². The third kappa shape index (κ3) is 3.05. The first-order valence-electron chi connectivity index (χ1n) is 10.4. The van der Waals surface area contributed by atoms with Crippen LogP contribution in [0, 0.1) is 12.8 Å². The Labute approximate surface area is 185 Å². The number of rotatable bonds is 4. The van der Waals surface area contributed by atoms with Crippen molar-refractivity contribution in [3.63, 3.8) is 0 Å². The van der Waals surface area contributed by atoms with E-state index in [1.54, 1.807) is 42.7 Å². The van der Waals surface area contributed by atoms with Crippen LogP contribution in [0.25, 0.3) is 16.8 Å². The number of carboxylic acid groups (broad SMARTS) is 1. The maximum absolute atomic E-state index is 13.3. The molecule has 3 aromatic heterocycles. The maximum Gasteiger partial charge on any atom is 0.407 e. The van der Waals surface area contributed by atoms with Gasteiger partial charge < -0.3 is 10.0 Å². The molecule has 1 N–H and O–H groups in total. The molecule has 4 aromatic rings. The van der Waals surface area contributed by atoms with Crippen molar-refractivity contribution in [2.24, 2.45) is 5.92 Å². The highest BCUT2D eigenvalue weighted by atomic mass is 32.2. The van der Waals surface area contributed by atoms with Gasteiger partial charge in [-0.1, -0.05) is 31.0 Å². The van der Waals surface area contributed by atoms with Crippen LogP contribution in [0.3, 0.4) is 0 Å². The van der Waals surface area contributed by atoms with Gasteiger partial charge in [0.25, 0.3) is 10.0 Å². The van der Waals surface area contributed by atoms with Crippen LogP contribution in [0.4, 0.5) is 4.79 Å². The molecule has 32 heavy (non-hydrogen) atoms. The summed E-state index contributed by atoms with van der Waals surface area (Å²) in [6.45, 7) is 4.81. The molecule has 166 valence electrons. The second-order valence-electron chi connectivity index (χ2n) is 8.24. The minimum atomic E-state index is -3.82. The number of benzene rings is 1. The van der Waals surface area contributed by atoms with Crippen molar-refractivity contribution in [3.05, 3.63) is 60.2 Å². The molecular formula is C22H23N5O4S. The van der Waals surface area contributed by atoms with E-state index in [4.69, 9.17) is 0 Å². The Morgan fingerprint density at radius 2 is 1.88 bits per heavy atom. The Kier molecular flexibility index (Phi) is 4.70. The first-order chi connectivity index (χ1) is 15.3. The van der Waals surface area contributed by atoms with Crippen molar-refractivity contribution < 1.29 is 18.3 Å². The third-order valence-corrected chi connectivity index (χ3v) is 8.04. The predicted molar refractivity (Wildman–Crippen MR) is 118 cm³/mol. The number of hydrogen-bond donors (Lipinski definition) is 1. The SMILES string of the molecule is CC[C@@H]1CN(C(=O)O)C[C@@H]1c1cnc2cnc3c(ccn3S(=O)(=O)c3ccc(C)cc3)n12. The van der Waals surface area contributed by atoms with Crippen molar-refractivity contribution in [1.29, 1.82) is 0 Å². The summed E-state index contributed by atoms with van der Waals surface area (Å²) in [6, 6.07) is 8.41. The minimum Gasteiger partial charge on any atom is -0.465 e. The molecule has 0 aliphatic carbocycles. The number of amides is 1. The summed E-state index contributed by atoms with van der Waals surface area (Å²) >= 11 is 0. The van der Waals surface area contributed by atoms with Crippen molar-refractivity contribution in [1.82, 2.24) is 23.2 Å². The fraction of sp³-hybridized carbons (Fsp3) is 0.318. The van der Waals surface area contributed by atoms with Crippen LogP contribution in [0.1, 0.15) is 30.5 Å². The summed E-state index contributed by atoms with van der Waals surface area (Å²) in [7, 11) is -3.82. The van der Waals surface area contributed by atoms with Gasteiger partial charge in [0.1, 0.15) is 0 Å². The lowest BCUT2D eigenvalue weighted by Gasteiger charge is -2.16. The number of carbonyl (C=O) groups is 1. The lowest BCUT2D eigenvalue weighted by atomic mass is 9.91. The molecule has 10 heteroatoms. The van der Waals surface area contributed by atoms with Crippen LogP contribution >= 0.6 is 0 Å². The molecule has 0 bridgehead atoms. The van der Waals surface area contributed by atoms with Crippen molar-refractivity contribution in [2.45, 2.75) is 31.1 Å². The highest BCUT2D eigenvalue weighted by molar-refractivity contribution is 7.90. The number of aryl methyl sites for hydroxylation is 1. The number of fused-ring (bicyclic) bond motifs is 3. The fourth-order valence-corrected chi connectivity index (χ4v) is 5.90. The van der Waals surface area contributed by atoms with Gasteiger partial charge in [-0.25, -0.2) is 27.2 Å². The van der Waals surface area contributed by atoms with E-state index in [1.165, 1.54) is 15.1 Å². The maximum atomic E-state index is 13.3. The standard InChI is InChI=1S/C22H23N5O4S/c1-3-15-12-25(22(28)29)13-17(15)19-10-23-20-11-24-21-18(27(19)20)8-9-26(21)32(30,31)16-6-4-14(2)5-7-16/h4-11,15,17H,3,12-13H2,1-2H3,(H,28,29)/t15-,17+/m1/s1. The highest BCUT2D eigenvalue weighted by Crippen LogP contribution is 2.36. The van der Waals surface area contributed by atoms with Crippen molar-refractivity contribution in [3.8, 4) is 0 Å². The zero-order valence-corrected chi connectivity index (χ0v) is 18.5. The number of hydrogen-bond acceptors (Lipinski definition) is 5. The summed E-state index contributed by atoms with van der Waals surface area (Å²) < 4.78 is 29.6. The largest absolute Gasteiger partial charge is 0.465 e. The Morgan fingerprint density at radius 1 is 1.12 bits per heavy atom. The van der Waals surface area contributed by atoms with E-state index in [1.807, 2.05) is 18.2 Å². The Bertz CT molecular complexity index is 1440. The molecule has 0 saturated carbocycles. The van der Waals surface area contributed by atoms with Crippen LogP contribution < -0.4 is 0 Å². The van der Waals surface area contributed by atoms with Gasteiger partial charge in [0.15, 0.2) is 11.3 Å². The first-order valence-corrected chi connectivity index (χ1v) is 11.9. The number of imidazole rings is 1. The average Bonchev–Trinajstić information content (AvgIpc) is 3.48. The smallest absolute Gasteiger partial charge is 0.407 e. The van der Waals surface area contributed by atoms with E-state index < -0.39 is 16.1 Å². The quantitative estimate of drug-likeness (QED) is 0.508. The summed E-state index contributed by atoms with van der Waals surface area (Å²) in [6.07, 6.45) is 4.71. The van der Waals surface area contributed by atoms with Gasteiger partial charge >= 0.3 is 6.09 Å². The molecule has 1 aromatic carbocycles. The molecule has 0 radical (unpaired) electrons. The van der Waals surface area contributed by atoms with E-state index in [-0.39, 0.29) is 16.7 Å². The molecule has 2 atom stereocenters. The summed E-state index contributed by atoms with van der Waals surface area (Å²) in [5.41, 5.74) is 3.37. The van der Waals surface area contributed by atoms with Crippen molar-refractivity contribution >= 4 is 32.9 Å². The van der Waals surface area contributed by atoms with Crippen molar-refractivity contribution in [2.75, 3.05) is 13.1 Å². The summed E-state index contributed by atoms with van der Waals surface area (Å²) in [5.74, 6) is 0.126. The Balaban J connectivity index is 1.66. The zero-order valence-electron chi connectivity index (χ0n) is 17.7. The Hall–Kier alpha value is -3.40. The second-order valence-corrected chi connectivity index (χ2v) is 10.1. The third-order valence-electron chi connectivity index (χ3n) is 6.36. The van der Waals surface area contributed by atoms with E-state index in [0.717, 1.165) is 17.7 Å². The topological polar surface area (TPSA) is 110 Å². The number of aromatic nitrogens is 4. The van der Waals surface area contributed by atoms with Gasteiger partial charge in [-0.2, -0.15) is 0 Å². The molecular weight excluding hydrogens is 430 g/mol. The molecule has 9 nitrogen and oxygen atoms in total. The summed E-state index contributed by atoms with van der Waals surface area (Å²) in [5, 5.41) is 9.47. The van der Waals surface area contributed by atoms with Gasteiger partial charge in [-0.3, -0.25) is 4.40 Å². The number of nitrogens with zero attached hydrogens (tertiary/aromatic N) is 5. The lowest BCUT2D eigenvalue weighted by molar-refractivity contribution is 0.153. The minimum absolute atomic E-state index is 0.0336. The second kappa shape index (κ2) is 7.33. The molecule has 0 unspecified atom stereocenters. The van der Waals surface area contributed by atoms with Crippen LogP contribution in [-0.4, -0.2) is 55.9 Å². The molecule has 1 aliphatic heterocycles. The molecule has 1 saturated heterocycles. The van der Waals surface area contributed by atoms with E-state index in [9.17, 15) is 18.3 Å². The predicted octanol–water partition coefficient (Wildman–Crippen LogP) is 3.33. The van der Waals surface area contributed by atoms with E-state index >= 15 is 0 Å². The van der Waals surface area contributed by atoms with Gasteiger partial charge in [0.2, 0.25) is 0 Å². The molecule has 5 rings (SSSR count). The van der Waals surface area contributed by atoms with Gasteiger partial charge in [0, 0.05) is 37.1 Å². The zero-order chi connectivity index (χ0) is 22.6. The molecule has 4 heterocycles. The molecule has 1 aliphatic rings. The normalized spacial score (nSPS) is 19.2. The van der Waals surface area contributed by atoms with Crippen LogP contribution in [0.2, 0.25) is 0 Å². The van der Waals surface area contributed by atoms with Crippen LogP contribution in [-0.2, 0) is 10.0 Å².